The second-order valence-electron chi connectivity index (χ2n) is 4.64. The van der Waals surface area contributed by atoms with Gasteiger partial charge in [0.2, 0.25) is 10.0 Å². The van der Waals surface area contributed by atoms with Gasteiger partial charge in [-0.3, -0.25) is 9.52 Å². The summed E-state index contributed by atoms with van der Waals surface area (Å²) in [6, 6.07) is 5.02. The van der Waals surface area contributed by atoms with Crippen LogP contribution in [0.5, 0.6) is 0 Å². The topological polar surface area (TPSA) is 87.3 Å². The van der Waals surface area contributed by atoms with Crippen LogP contribution in [0, 0.1) is 6.92 Å². The van der Waals surface area contributed by atoms with E-state index in [-0.39, 0.29) is 5.91 Å². The molecule has 0 saturated carbocycles. The van der Waals surface area contributed by atoms with Gasteiger partial charge in [0.15, 0.2) is 0 Å². The molecule has 0 atom stereocenters. The Bertz CT molecular complexity index is 570. The van der Waals surface area contributed by atoms with Crippen LogP contribution in [0.15, 0.2) is 18.2 Å². The Morgan fingerprint density at radius 1 is 1.25 bits per heavy atom. The lowest BCUT2D eigenvalue weighted by molar-refractivity contribution is 0.0954. The second kappa shape index (κ2) is 7.25. The van der Waals surface area contributed by atoms with Gasteiger partial charge in [-0.2, -0.15) is 0 Å². The van der Waals surface area contributed by atoms with Gasteiger partial charge in [-0.15, -0.1) is 0 Å². The Morgan fingerprint density at radius 3 is 2.55 bits per heavy atom. The van der Waals surface area contributed by atoms with Crippen molar-refractivity contribution in [3.63, 3.8) is 0 Å². The second-order valence-corrected chi connectivity index (χ2v) is 6.38. The summed E-state index contributed by atoms with van der Waals surface area (Å²) in [7, 11) is -1.57. The number of benzene rings is 1. The fourth-order valence-electron chi connectivity index (χ4n) is 1.70. The van der Waals surface area contributed by atoms with Gasteiger partial charge >= 0.3 is 0 Å². The number of amides is 1. The number of rotatable bonds is 7. The van der Waals surface area contributed by atoms with Crippen molar-refractivity contribution in [3.8, 4) is 0 Å². The van der Waals surface area contributed by atoms with E-state index in [1.807, 2.05) is 14.0 Å². The van der Waals surface area contributed by atoms with Crippen molar-refractivity contribution in [1.29, 1.82) is 0 Å². The molecule has 20 heavy (non-hydrogen) atoms. The molecule has 0 saturated heterocycles. The number of anilines is 1. The first-order valence-corrected chi connectivity index (χ1v) is 8.24. The van der Waals surface area contributed by atoms with Crippen LogP contribution < -0.4 is 15.4 Å². The monoisotopic (exact) mass is 299 g/mol. The van der Waals surface area contributed by atoms with Crippen molar-refractivity contribution in [1.82, 2.24) is 10.6 Å². The van der Waals surface area contributed by atoms with Gasteiger partial charge in [-0.25, -0.2) is 8.42 Å². The molecule has 7 heteroatoms. The van der Waals surface area contributed by atoms with Crippen molar-refractivity contribution in [3.05, 3.63) is 29.3 Å². The van der Waals surface area contributed by atoms with Gasteiger partial charge in [-0.1, -0.05) is 11.6 Å². The quantitative estimate of drug-likeness (QED) is 0.647. The highest BCUT2D eigenvalue weighted by molar-refractivity contribution is 7.92. The van der Waals surface area contributed by atoms with E-state index in [0.717, 1.165) is 24.8 Å². The van der Waals surface area contributed by atoms with E-state index >= 15 is 0 Å². The van der Waals surface area contributed by atoms with Crippen LogP contribution in [-0.2, 0) is 10.0 Å². The summed E-state index contributed by atoms with van der Waals surface area (Å²) in [6.07, 6.45) is 1.87. The molecule has 0 radical (unpaired) electrons. The highest BCUT2D eigenvalue weighted by atomic mass is 32.2. The molecule has 0 fully saturated rings. The Kier molecular flexibility index (Phi) is 5.97. The molecule has 1 aromatic rings. The third-order valence-electron chi connectivity index (χ3n) is 2.60. The maximum atomic E-state index is 12.1. The van der Waals surface area contributed by atoms with Gasteiger partial charge < -0.3 is 10.6 Å². The lowest BCUT2D eigenvalue weighted by Gasteiger charge is -2.12. The minimum atomic E-state index is -3.42. The van der Waals surface area contributed by atoms with Crippen LogP contribution >= 0.6 is 0 Å². The molecule has 1 rings (SSSR count). The fourth-order valence-corrected chi connectivity index (χ4v) is 2.27. The lowest BCUT2D eigenvalue weighted by Crippen LogP contribution is -2.27. The first-order chi connectivity index (χ1) is 9.33. The van der Waals surface area contributed by atoms with Gasteiger partial charge in [0.05, 0.1) is 17.5 Å². The predicted octanol–water partition coefficient (Wildman–Crippen LogP) is 0.706. The molecule has 0 unspecified atom stereocenters. The van der Waals surface area contributed by atoms with Crippen molar-refractivity contribution in [2.24, 2.45) is 0 Å². The zero-order valence-electron chi connectivity index (χ0n) is 12.0. The van der Waals surface area contributed by atoms with E-state index in [1.165, 1.54) is 0 Å². The molecule has 0 heterocycles. The van der Waals surface area contributed by atoms with Crippen LogP contribution in [0.2, 0.25) is 0 Å². The number of hydrogen-bond acceptors (Lipinski definition) is 4. The summed E-state index contributed by atoms with van der Waals surface area (Å²) < 4.78 is 25.0. The first kappa shape index (κ1) is 16.5. The number of sulfonamides is 1. The minimum Gasteiger partial charge on any atom is -0.352 e. The lowest BCUT2D eigenvalue weighted by atomic mass is 10.1. The Morgan fingerprint density at radius 2 is 1.95 bits per heavy atom. The summed E-state index contributed by atoms with van der Waals surface area (Å²) in [6.45, 7) is 3.19. The minimum absolute atomic E-state index is 0.282. The summed E-state index contributed by atoms with van der Waals surface area (Å²) in [5, 5.41) is 5.76. The van der Waals surface area contributed by atoms with Crippen LogP contribution in [0.1, 0.15) is 22.3 Å². The van der Waals surface area contributed by atoms with Gasteiger partial charge in [0, 0.05) is 6.54 Å². The van der Waals surface area contributed by atoms with Crippen molar-refractivity contribution >= 4 is 21.6 Å². The molecule has 0 aliphatic carbocycles. The molecule has 1 amide bonds. The fraction of sp³-hybridized carbons (Fsp3) is 0.462. The van der Waals surface area contributed by atoms with E-state index in [9.17, 15) is 13.2 Å². The molecule has 0 aliphatic rings. The Labute approximate surface area is 120 Å². The number of carbonyl (C=O) groups excluding carboxylic acids is 1. The Balaban J connectivity index is 2.86. The molecule has 0 bridgehead atoms. The summed E-state index contributed by atoms with van der Waals surface area (Å²) in [4.78, 5) is 12.1. The molecule has 6 nitrogen and oxygen atoms in total. The van der Waals surface area contributed by atoms with Crippen LogP contribution in [0.3, 0.4) is 0 Å². The van der Waals surface area contributed by atoms with Gasteiger partial charge in [-0.05, 0) is 39.1 Å². The molecule has 0 aliphatic heterocycles. The number of nitrogens with one attached hydrogen (secondary N) is 3. The maximum Gasteiger partial charge on any atom is 0.253 e. The zero-order chi connectivity index (χ0) is 15.2. The number of carbonyl (C=O) groups is 1. The van der Waals surface area contributed by atoms with Crippen molar-refractivity contribution < 1.29 is 13.2 Å². The van der Waals surface area contributed by atoms with E-state index in [2.05, 4.69) is 15.4 Å². The molecule has 0 aromatic heterocycles. The maximum absolute atomic E-state index is 12.1. The highest BCUT2D eigenvalue weighted by Gasteiger charge is 2.14. The third-order valence-corrected chi connectivity index (χ3v) is 3.19. The zero-order valence-corrected chi connectivity index (χ0v) is 12.8. The molecular weight excluding hydrogens is 278 g/mol. The van der Waals surface area contributed by atoms with E-state index < -0.39 is 10.0 Å². The normalized spacial score (nSPS) is 11.2. The molecule has 1 aromatic carbocycles. The standard InChI is InChI=1S/C13H21N3O3S/c1-10-5-6-12(16-20(3,18)19)11(9-10)13(17)15-8-4-7-14-2/h5-6,9,14,16H,4,7-8H2,1-3H3,(H,15,17). The average molecular weight is 299 g/mol. The smallest absolute Gasteiger partial charge is 0.253 e. The largest absolute Gasteiger partial charge is 0.352 e. The average Bonchev–Trinajstić information content (AvgIpc) is 2.35. The Hall–Kier alpha value is -1.60. The van der Waals surface area contributed by atoms with E-state index in [4.69, 9.17) is 0 Å². The van der Waals surface area contributed by atoms with Crippen molar-refractivity contribution in [2.45, 2.75) is 13.3 Å². The highest BCUT2D eigenvalue weighted by Crippen LogP contribution is 2.18. The number of aryl methyl sites for hydroxylation is 1. The first-order valence-electron chi connectivity index (χ1n) is 6.34. The molecular formula is C13H21N3O3S. The van der Waals surface area contributed by atoms with Crippen LogP contribution in [0.4, 0.5) is 5.69 Å². The van der Waals surface area contributed by atoms with Crippen LogP contribution in [0.25, 0.3) is 0 Å². The summed E-state index contributed by atoms with van der Waals surface area (Å²) >= 11 is 0. The van der Waals surface area contributed by atoms with E-state index in [1.54, 1.807) is 18.2 Å². The van der Waals surface area contributed by atoms with Crippen LogP contribution in [-0.4, -0.2) is 40.7 Å². The SMILES string of the molecule is CNCCCNC(=O)c1cc(C)ccc1NS(C)(=O)=O. The molecule has 112 valence electrons. The predicted molar refractivity (Wildman–Crippen MR) is 80.5 cm³/mol. The van der Waals surface area contributed by atoms with E-state index in [0.29, 0.717) is 17.8 Å². The molecule has 0 spiro atoms. The van der Waals surface area contributed by atoms with Gasteiger partial charge in [0.1, 0.15) is 0 Å². The summed E-state index contributed by atoms with van der Waals surface area (Å²) in [5.74, 6) is -0.282. The number of hydrogen-bond donors (Lipinski definition) is 3. The summed E-state index contributed by atoms with van der Waals surface area (Å²) in [5.41, 5.74) is 1.52. The van der Waals surface area contributed by atoms with Gasteiger partial charge in [0.25, 0.3) is 5.91 Å². The third kappa shape index (κ3) is 5.58. The van der Waals surface area contributed by atoms with Crippen molar-refractivity contribution in [2.75, 3.05) is 31.1 Å². The molecule has 3 N–H and O–H groups in total.